The number of nitrogens with zero attached hydrogens (tertiary/aromatic N) is 1. The van der Waals surface area contributed by atoms with Gasteiger partial charge in [-0.15, -0.1) is 0 Å². The van der Waals surface area contributed by atoms with Crippen molar-refractivity contribution in [1.29, 1.82) is 0 Å². The van der Waals surface area contributed by atoms with Crippen molar-refractivity contribution in [1.82, 2.24) is 10.2 Å². The van der Waals surface area contributed by atoms with E-state index in [4.69, 9.17) is 5.14 Å². The summed E-state index contributed by atoms with van der Waals surface area (Å²) in [5.41, 5.74) is 0.716. The van der Waals surface area contributed by atoms with Gasteiger partial charge in [0, 0.05) is 6.54 Å². The van der Waals surface area contributed by atoms with Crippen LogP contribution in [0.25, 0.3) is 0 Å². The van der Waals surface area contributed by atoms with E-state index in [0.717, 1.165) is 25.9 Å². The average molecular weight is 339 g/mol. The van der Waals surface area contributed by atoms with E-state index in [1.807, 2.05) is 6.92 Å². The van der Waals surface area contributed by atoms with Crippen LogP contribution in [-0.4, -0.2) is 38.4 Å². The summed E-state index contributed by atoms with van der Waals surface area (Å²) < 4.78 is 22.7. The molecule has 1 aromatic carbocycles. The molecule has 128 valence electrons. The van der Waals surface area contributed by atoms with E-state index in [0.29, 0.717) is 12.1 Å². The molecule has 0 radical (unpaired) electrons. The third-order valence-electron chi connectivity index (χ3n) is 4.26. The van der Waals surface area contributed by atoms with Gasteiger partial charge in [0.05, 0.1) is 10.9 Å². The van der Waals surface area contributed by atoms with Crippen LogP contribution in [0.4, 0.5) is 0 Å². The van der Waals surface area contributed by atoms with Gasteiger partial charge in [-0.1, -0.05) is 25.0 Å². The molecule has 1 aliphatic rings. The number of hydrogen-bond donors (Lipinski definition) is 2. The number of sulfonamides is 1. The Hall–Kier alpha value is -1.44. The SMILES string of the molecule is CC(C(=O)NCc1cccc(S(N)(=O)=O)c1)N1CCCCCC1. The summed E-state index contributed by atoms with van der Waals surface area (Å²) in [6, 6.07) is 6.16. The topological polar surface area (TPSA) is 92.5 Å². The number of nitrogens with two attached hydrogens (primary N) is 1. The van der Waals surface area contributed by atoms with Gasteiger partial charge in [0.25, 0.3) is 0 Å². The third-order valence-corrected chi connectivity index (χ3v) is 5.17. The Balaban J connectivity index is 1.93. The van der Waals surface area contributed by atoms with Gasteiger partial charge in [0.15, 0.2) is 0 Å². The van der Waals surface area contributed by atoms with E-state index < -0.39 is 10.0 Å². The number of benzene rings is 1. The highest BCUT2D eigenvalue weighted by molar-refractivity contribution is 7.89. The maximum Gasteiger partial charge on any atom is 0.238 e. The third kappa shape index (κ3) is 5.30. The fourth-order valence-corrected chi connectivity index (χ4v) is 3.40. The van der Waals surface area contributed by atoms with Crippen molar-refractivity contribution in [3.8, 4) is 0 Å². The number of primary sulfonamides is 1. The van der Waals surface area contributed by atoms with E-state index in [-0.39, 0.29) is 16.8 Å². The van der Waals surface area contributed by atoms with Crippen LogP contribution in [-0.2, 0) is 21.4 Å². The van der Waals surface area contributed by atoms with Crippen LogP contribution >= 0.6 is 0 Å². The zero-order valence-electron chi connectivity index (χ0n) is 13.5. The molecule has 0 saturated carbocycles. The Labute approximate surface area is 138 Å². The molecule has 2 rings (SSSR count). The first kappa shape index (κ1) is 17.9. The van der Waals surface area contributed by atoms with Gasteiger partial charge in [-0.05, 0) is 50.6 Å². The molecular weight excluding hydrogens is 314 g/mol. The summed E-state index contributed by atoms with van der Waals surface area (Å²) in [5.74, 6) is -0.0343. The van der Waals surface area contributed by atoms with Gasteiger partial charge in [0.2, 0.25) is 15.9 Å². The van der Waals surface area contributed by atoms with E-state index in [1.165, 1.54) is 25.0 Å². The highest BCUT2D eigenvalue weighted by Gasteiger charge is 2.21. The molecule has 23 heavy (non-hydrogen) atoms. The molecule has 1 amide bonds. The largest absolute Gasteiger partial charge is 0.351 e. The smallest absolute Gasteiger partial charge is 0.238 e. The molecule has 1 heterocycles. The summed E-state index contributed by atoms with van der Waals surface area (Å²) in [7, 11) is -3.72. The van der Waals surface area contributed by atoms with Crippen LogP contribution in [0.5, 0.6) is 0 Å². The molecule has 7 heteroatoms. The van der Waals surface area contributed by atoms with Crippen molar-refractivity contribution in [3.05, 3.63) is 29.8 Å². The molecular formula is C16H25N3O3S. The Morgan fingerprint density at radius 1 is 1.26 bits per heavy atom. The number of hydrogen-bond acceptors (Lipinski definition) is 4. The van der Waals surface area contributed by atoms with Crippen molar-refractivity contribution in [2.24, 2.45) is 5.14 Å². The van der Waals surface area contributed by atoms with Gasteiger partial charge in [-0.25, -0.2) is 13.6 Å². The normalized spacial score (nSPS) is 18.2. The van der Waals surface area contributed by atoms with E-state index in [1.54, 1.807) is 12.1 Å². The lowest BCUT2D eigenvalue weighted by Crippen LogP contribution is -2.45. The zero-order chi connectivity index (χ0) is 16.9. The highest BCUT2D eigenvalue weighted by Crippen LogP contribution is 2.13. The molecule has 0 spiro atoms. The summed E-state index contributed by atoms with van der Waals surface area (Å²) in [4.78, 5) is 14.6. The monoisotopic (exact) mass is 339 g/mol. The van der Waals surface area contributed by atoms with Gasteiger partial charge in [-0.3, -0.25) is 9.69 Å². The maximum absolute atomic E-state index is 12.3. The molecule has 1 atom stereocenters. The van der Waals surface area contributed by atoms with Gasteiger partial charge in [0.1, 0.15) is 0 Å². The fraction of sp³-hybridized carbons (Fsp3) is 0.562. The standard InChI is InChI=1S/C16H25N3O3S/c1-13(19-9-4-2-3-5-10-19)16(20)18-12-14-7-6-8-15(11-14)23(17,21)22/h6-8,11,13H,2-5,9-10,12H2,1H3,(H,18,20)(H2,17,21,22). The first-order valence-electron chi connectivity index (χ1n) is 8.01. The maximum atomic E-state index is 12.3. The molecule has 3 N–H and O–H groups in total. The lowest BCUT2D eigenvalue weighted by molar-refractivity contribution is -0.126. The van der Waals surface area contributed by atoms with Gasteiger partial charge in [-0.2, -0.15) is 0 Å². The Morgan fingerprint density at radius 2 is 1.91 bits per heavy atom. The van der Waals surface area contributed by atoms with Crippen molar-refractivity contribution < 1.29 is 13.2 Å². The molecule has 0 bridgehead atoms. The molecule has 0 aromatic heterocycles. The predicted octanol–water partition coefficient (Wildman–Crippen LogP) is 1.21. The average Bonchev–Trinajstić information content (AvgIpc) is 2.80. The lowest BCUT2D eigenvalue weighted by Gasteiger charge is -2.26. The van der Waals surface area contributed by atoms with Gasteiger partial charge >= 0.3 is 0 Å². The minimum Gasteiger partial charge on any atom is -0.351 e. The second-order valence-corrected chi connectivity index (χ2v) is 7.60. The van der Waals surface area contributed by atoms with Crippen LogP contribution in [0.2, 0.25) is 0 Å². The molecule has 1 aliphatic heterocycles. The van der Waals surface area contributed by atoms with Crippen molar-refractivity contribution >= 4 is 15.9 Å². The Morgan fingerprint density at radius 3 is 2.52 bits per heavy atom. The lowest BCUT2D eigenvalue weighted by atomic mass is 10.2. The van der Waals surface area contributed by atoms with E-state index in [9.17, 15) is 13.2 Å². The molecule has 1 saturated heterocycles. The predicted molar refractivity (Wildman–Crippen MR) is 89.2 cm³/mol. The quantitative estimate of drug-likeness (QED) is 0.843. The first-order valence-corrected chi connectivity index (χ1v) is 9.56. The van der Waals surface area contributed by atoms with Crippen molar-refractivity contribution in [3.63, 3.8) is 0 Å². The second-order valence-electron chi connectivity index (χ2n) is 6.04. The van der Waals surface area contributed by atoms with E-state index >= 15 is 0 Å². The summed E-state index contributed by atoms with van der Waals surface area (Å²) >= 11 is 0. The van der Waals surface area contributed by atoms with Gasteiger partial charge < -0.3 is 5.32 Å². The molecule has 1 unspecified atom stereocenters. The first-order chi connectivity index (χ1) is 10.9. The van der Waals surface area contributed by atoms with Crippen LogP contribution in [0, 0.1) is 0 Å². The number of carbonyl (C=O) groups is 1. The highest BCUT2D eigenvalue weighted by atomic mass is 32.2. The minimum atomic E-state index is -3.72. The number of rotatable bonds is 5. The fourth-order valence-electron chi connectivity index (χ4n) is 2.82. The number of nitrogens with one attached hydrogen (secondary N) is 1. The number of carbonyl (C=O) groups excluding carboxylic acids is 1. The van der Waals surface area contributed by atoms with Crippen molar-refractivity contribution in [2.45, 2.75) is 50.1 Å². The van der Waals surface area contributed by atoms with Crippen LogP contribution in [0.1, 0.15) is 38.2 Å². The second kappa shape index (κ2) is 7.90. The zero-order valence-corrected chi connectivity index (χ0v) is 14.3. The number of amides is 1. The molecule has 6 nitrogen and oxygen atoms in total. The number of likely N-dealkylation sites (tertiary alicyclic amines) is 1. The van der Waals surface area contributed by atoms with Crippen LogP contribution in [0.15, 0.2) is 29.2 Å². The summed E-state index contributed by atoms with van der Waals surface area (Å²) in [6.45, 7) is 4.12. The van der Waals surface area contributed by atoms with Crippen LogP contribution < -0.4 is 10.5 Å². The molecule has 0 aliphatic carbocycles. The summed E-state index contributed by atoms with van der Waals surface area (Å²) in [5, 5.41) is 8.00. The minimum absolute atomic E-state index is 0.0343. The van der Waals surface area contributed by atoms with Crippen LogP contribution in [0.3, 0.4) is 0 Å². The Kier molecular flexibility index (Phi) is 6.15. The molecule has 1 fully saturated rings. The van der Waals surface area contributed by atoms with Crippen molar-refractivity contribution in [2.75, 3.05) is 13.1 Å². The molecule has 1 aromatic rings. The summed E-state index contributed by atoms with van der Waals surface area (Å²) in [6.07, 6.45) is 4.72. The Bertz CT molecular complexity index is 638. The van der Waals surface area contributed by atoms with E-state index in [2.05, 4.69) is 10.2 Å².